The van der Waals surface area contributed by atoms with Crippen molar-refractivity contribution in [2.75, 3.05) is 7.05 Å². The van der Waals surface area contributed by atoms with Gasteiger partial charge in [0.05, 0.1) is 0 Å². The number of rotatable bonds is 0. The molecule has 0 aliphatic heterocycles. The summed E-state index contributed by atoms with van der Waals surface area (Å²) >= 11 is 0. The summed E-state index contributed by atoms with van der Waals surface area (Å²) in [5.74, 6) is 0. The van der Waals surface area contributed by atoms with Crippen LogP contribution in [-0.2, 0) is 32.7 Å². The SMILES string of the molecule is C[C-]=NC.[CH3-].[Y]. The Morgan fingerprint density at radius 1 is 1.50 bits per heavy atom. The minimum absolute atomic E-state index is 0. The molecule has 0 rings (SSSR count). The number of aliphatic imine (C=N–C) groups is 1. The molecule has 2 heteroatoms. The van der Waals surface area contributed by atoms with Gasteiger partial charge in [0.25, 0.3) is 0 Å². The smallest absolute Gasteiger partial charge is 0 e. The molecule has 0 unspecified atom stereocenters. The Morgan fingerprint density at radius 3 is 1.67 bits per heavy atom. The first-order valence-electron chi connectivity index (χ1n) is 1.17. The molecule has 0 N–H and O–H groups in total. The fraction of sp³-hybridized carbons (Fsp3) is 0.500. The number of hydrogen-bond acceptors (Lipinski definition) is 1. The molecule has 0 amide bonds. The van der Waals surface area contributed by atoms with E-state index in [9.17, 15) is 0 Å². The normalized spacial score (nSPS) is 6.33. The predicted molar refractivity (Wildman–Crippen MR) is 25.4 cm³/mol. The average molecular weight is 160 g/mol. The summed E-state index contributed by atoms with van der Waals surface area (Å²) in [4.78, 5) is 3.49. The fourth-order valence-electron chi connectivity index (χ4n) is 0. The Labute approximate surface area is 65.1 Å². The quantitative estimate of drug-likeness (QED) is 0.370. The Kier molecular flexibility index (Phi) is 45.2. The van der Waals surface area contributed by atoms with E-state index in [0.717, 1.165) is 0 Å². The van der Waals surface area contributed by atoms with Crippen molar-refractivity contribution in [3.05, 3.63) is 7.43 Å². The minimum Gasteiger partial charge on any atom is -0.506 e. The van der Waals surface area contributed by atoms with Crippen LogP contribution in [0.3, 0.4) is 0 Å². The van der Waals surface area contributed by atoms with Crippen molar-refractivity contribution in [2.24, 2.45) is 4.99 Å². The molecule has 0 aromatic rings. The van der Waals surface area contributed by atoms with Crippen molar-refractivity contribution in [2.45, 2.75) is 6.92 Å². The maximum Gasteiger partial charge on any atom is 0 e. The molecule has 1 radical (unpaired) electrons. The van der Waals surface area contributed by atoms with Crippen molar-refractivity contribution in [1.29, 1.82) is 0 Å². The van der Waals surface area contributed by atoms with Gasteiger partial charge in [-0.25, -0.2) is 0 Å². The van der Waals surface area contributed by atoms with E-state index in [1.807, 2.05) is 0 Å². The molecule has 0 atom stereocenters. The third-order valence-corrected chi connectivity index (χ3v) is 0.224. The van der Waals surface area contributed by atoms with Gasteiger partial charge in [-0.1, -0.05) is 0 Å². The molecular weight excluding hydrogens is 151 g/mol. The van der Waals surface area contributed by atoms with Gasteiger partial charge in [-0.2, -0.15) is 6.92 Å². The Morgan fingerprint density at radius 2 is 1.67 bits per heavy atom. The summed E-state index contributed by atoms with van der Waals surface area (Å²) < 4.78 is 0. The van der Waals surface area contributed by atoms with Crippen LogP contribution in [0.5, 0.6) is 0 Å². The molecule has 6 heavy (non-hydrogen) atoms. The zero-order valence-corrected chi connectivity index (χ0v) is 7.36. The van der Waals surface area contributed by atoms with E-state index in [2.05, 4.69) is 11.2 Å². The zero-order chi connectivity index (χ0) is 3.41. The molecule has 0 aliphatic rings. The van der Waals surface area contributed by atoms with Gasteiger partial charge in [-0.3, -0.25) is 0 Å². The van der Waals surface area contributed by atoms with E-state index < -0.39 is 0 Å². The van der Waals surface area contributed by atoms with Gasteiger partial charge >= 0.3 is 0 Å². The molecule has 0 spiro atoms. The van der Waals surface area contributed by atoms with Crippen LogP contribution in [0.4, 0.5) is 0 Å². The van der Waals surface area contributed by atoms with Crippen molar-refractivity contribution in [3.63, 3.8) is 0 Å². The van der Waals surface area contributed by atoms with Crippen LogP contribution in [0.25, 0.3) is 0 Å². The van der Waals surface area contributed by atoms with Crippen LogP contribution in [-0.4, -0.2) is 13.3 Å². The standard InChI is InChI=1S/C3H6N.CH3.Y/c1-3-4-2;;/h1-2H3;1H3;/q2*-1;. The van der Waals surface area contributed by atoms with Crippen LogP contribution in [0.1, 0.15) is 6.92 Å². The van der Waals surface area contributed by atoms with Gasteiger partial charge in [0.2, 0.25) is 0 Å². The van der Waals surface area contributed by atoms with Gasteiger partial charge in [0.15, 0.2) is 0 Å². The van der Waals surface area contributed by atoms with Crippen molar-refractivity contribution < 1.29 is 32.7 Å². The number of hydrogen-bond donors (Lipinski definition) is 0. The summed E-state index contributed by atoms with van der Waals surface area (Å²) in [6, 6.07) is 0. The average Bonchev–Trinajstić information content (AvgIpc) is 1.37. The summed E-state index contributed by atoms with van der Waals surface area (Å²) in [6.45, 7) is 1.76. The topological polar surface area (TPSA) is 12.4 Å². The molecule has 0 fully saturated rings. The van der Waals surface area contributed by atoms with Crippen LogP contribution < -0.4 is 0 Å². The maximum absolute atomic E-state index is 3.49. The van der Waals surface area contributed by atoms with Gasteiger partial charge in [-0.05, 0) is 7.05 Å². The van der Waals surface area contributed by atoms with Crippen LogP contribution in [0.2, 0.25) is 0 Å². The zero-order valence-electron chi connectivity index (χ0n) is 4.52. The Bertz CT molecular complexity index is 22.7. The Hall–Kier alpha value is 0.774. The summed E-state index contributed by atoms with van der Waals surface area (Å²) in [5.41, 5.74) is 0. The second kappa shape index (κ2) is 17.1. The van der Waals surface area contributed by atoms with E-state index in [4.69, 9.17) is 0 Å². The van der Waals surface area contributed by atoms with E-state index in [0.29, 0.717) is 0 Å². The summed E-state index contributed by atoms with van der Waals surface area (Å²) in [7, 11) is 1.69. The van der Waals surface area contributed by atoms with Gasteiger partial charge in [-0.15, -0.1) is 0 Å². The Balaban J connectivity index is -0.0000000450. The van der Waals surface area contributed by atoms with Crippen molar-refractivity contribution >= 4 is 6.21 Å². The van der Waals surface area contributed by atoms with Crippen LogP contribution in [0, 0.1) is 7.43 Å². The van der Waals surface area contributed by atoms with Crippen LogP contribution >= 0.6 is 0 Å². The maximum atomic E-state index is 3.49. The molecule has 0 saturated carbocycles. The first-order valence-corrected chi connectivity index (χ1v) is 1.17. The van der Waals surface area contributed by atoms with Gasteiger partial charge in [0.1, 0.15) is 0 Å². The van der Waals surface area contributed by atoms with Crippen LogP contribution in [0.15, 0.2) is 4.99 Å². The molecule has 0 heterocycles. The van der Waals surface area contributed by atoms with E-state index in [1.54, 1.807) is 14.0 Å². The second-order valence-corrected chi connectivity index (χ2v) is 0.447. The fourth-order valence-corrected chi connectivity index (χ4v) is 0. The summed E-state index contributed by atoms with van der Waals surface area (Å²) in [6.07, 6.45) is 2.56. The van der Waals surface area contributed by atoms with Crippen molar-refractivity contribution in [1.82, 2.24) is 0 Å². The molecule has 0 aromatic heterocycles. The molecule has 0 bridgehead atoms. The number of nitrogens with zero attached hydrogens (tertiary/aromatic N) is 1. The van der Waals surface area contributed by atoms with Gasteiger partial charge < -0.3 is 18.6 Å². The second-order valence-electron chi connectivity index (χ2n) is 0.447. The molecule has 0 saturated heterocycles. The predicted octanol–water partition coefficient (Wildman–Crippen LogP) is 1.03. The first-order chi connectivity index (χ1) is 1.91. The minimum atomic E-state index is 0. The molecular formula is C4H9NY-2. The monoisotopic (exact) mass is 160 g/mol. The largest absolute Gasteiger partial charge is 0.506 e. The van der Waals surface area contributed by atoms with Gasteiger partial charge in [0, 0.05) is 32.7 Å². The molecule has 1 nitrogen and oxygen atoms in total. The van der Waals surface area contributed by atoms with E-state index in [-0.39, 0.29) is 40.1 Å². The van der Waals surface area contributed by atoms with Crippen molar-refractivity contribution in [3.8, 4) is 0 Å². The van der Waals surface area contributed by atoms with E-state index in [1.165, 1.54) is 0 Å². The molecule has 35 valence electrons. The van der Waals surface area contributed by atoms with E-state index >= 15 is 0 Å². The first kappa shape index (κ1) is 15.9. The third-order valence-electron chi connectivity index (χ3n) is 0.224. The molecule has 0 aromatic carbocycles. The third kappa shape index (κ3) is 21.6. The summed E-state index contributed by atoms with van der Waals surface area (Å²) in [5, 5.41) is 0. The molecule has 0 aliphatic carbocycles.